The maximum atomic E-state index is 10.1. The standard InChI is InChI=1S/C33H9N9/c34-7-16(8-35)25-19-1-4-40-13-22(19)28-31(25)29-23-14-41-5-2-20(23)27(18(11-38)12-39)33(29)30-24-15-42-6-3-21(24)26(32(28)30)17(9-36)10-37/h1-6,13-15H. The quantitative estimate of drug-likeness (QED) is 0.233. The van der Waals surface area contributed by atoms with Crippen molar-refractivity contribution in [2.75, 3.05) is 0 Å². The molecule has 7 rings (SSSR count). The molecule has 0 bridgehead atoms. The molecule has 3 aliphatic carbocycles. The summed E-state index contributed by atoms with van der Waals surface area (Å²) in [5, 5.41) is 60.6. The summed E-state index contributed by atoms with van der Waals surface area (Å²) in [4.78, 5) is 13.0. The first-order chi connectivity index (χ1) is 20.6. The number of nitrogens with zero attached hydrogens (tertiary/aromatic N) is 9. The normalized spacial score (nSPS) is 12.0. The van der Waals surface area contributed by atoms with Crippen molar-refractivity contribution in [3.05, 3.63) is 105 Å². The number of rotatable bonds is 0. The molecule has 3 aliphatic rings. The van der Waals surface area contributed by atoms with Gasteiger partial charge >= 0.3 is 0 Å². The van der Waals surface area contributed by atoms with Crippen molar-refractivity contribution in [1.29, 1.82) is 31.6 Å². The molecule has 0 spiro atoms. The maximum absolute atomic E-state index is 10.1. The molecule has 9 nitrogen and oxygen atoms in total. The van der Waals surface area contributed by atoms with Crippen LogP contribution in [0.5, 0.6) is 0 Å². The van der Waals surface area contributed by atoms with E-state index in [9.17, 15) is 31.6 Å². The molecule has 42 heavy (non-hydrogen) atoms. The van der Waals surface area contributed by atoms with Crippen molar-refractivity contribution in [2.24, 2.45) is 0 Å². The van der Waals surface area contributed by atoms with Crippen LogP contribution in [0.15, 0.2) is 72.1 Å². The fourth-order valence-electron chi connectivity index (χ4n) is 6.34. The number of nitriles is 6. The maximum Gasteiger partial charge on any atom is 0.138 e. The largest absolute Gasteiger partial charge is 0.264 e. The van der Waals surface area contributed by atoms with E-state index in [1.165, 1.54) is 0 Å². The van der Waals surface area contributed by atoms with Gasteiger partial charge in [-0.15, -0.1) is 0 Å². The van der Waals surface area contributed by atoms with Gasteiger partial charge in [-0.1, -0.05) is 0 Å². The first-order valence-electron chi connectivity index (χ1n) is 12.4. The minimum Gasteiger partial charge on any atom is -0.264 e. The first kappa shape index (κ1) is 23.9. The summed E-state index contributed by atoms with van der Waals surface area (Å²) in [6.45, 7) is 0. The van der Waals surface area contributed by atoms with Gasteiger partial charge in [-0.2, -0.15) is 31.6 Å². The topological polar surface area (TPSA) is 181 Å². The van der Waals surface area contributed by atoms with Crippen molar-refractivity contribution < 1.29 is 0 Å². The number of fused-ring (bicyclic) bond motifs is 12. The summed E-state index contributed by atoms with van der Waals surface area (Å²) >= 11 is 0. The van der Waals surface area contributed by atoms with Crippen LogP contribution < -0.4 is 0 Å². The van der Waals surface area contributed by atoms with Gasteiger partial charge in [0.05, 0.1) is 0 Å². The van der Waals surface area contributed by atoms with E-state index in [-0.39, 0.29) is 16.7 Å². The molecule has 0 fully saturated rings. The number of hydrogen-bond acceptors (Lipinski definition) is 9. The Kier molecular flexibility index (Phi) is 4.94. The number of hydrogen-bond donors (Lipinski definition) is 0. The van der Waals surface area contributed by atoms with Gasteiger partial charge in [0.2, 0.25) is 0 Å². The summed E-state index contributed by atoms with van der Waals surface area (Å²) in [6, 6.07) is 17.3. The minimum atomic E-state index is -0.143. The zero-order chi connectivity index (χ0) is 29.1. The van der Waals surface area contributed by atoms with E-state index in [0.717, 1.165) is 0 Å². The van der Waals surface area contributed by atoms with Crippen molar-refractivity contribution in [3.63, 3.8) is 0 Å². The lowest BCUT2D eigenvalue weighted by atomic mass is 9.82. The van der Waals surface area contributed by atoms with Crippen LogP contribution in [0.3, 0.4) is 0 Å². The average molecular weight is 531 g/mol. The van der Waals surface area contributed by atoms with Crippen LogP contribution in [0, 0.1) is 68.0 Å². The molecule has 0 unspecified atom stereocenters. The van der Waals surface area contributed by atoms with Gasteiger partial charge < -0.3 is 0 Å². The van der Waals surface area contributed by atoms with Crippen LogP contribution in [0.1, 0.15) is 33.4 Å². The highest BCUT2D eigenvalue weighted by Gasteiger charge is 2.44. The molecule has 0 saturated carbocycles. The third kappa shape index (κ3) is 2.76. The summed E-state index contributed by atoms with van der Waals surface area (Å²) in [5.74, 6) is 0. The SMILES string of the molecule is N#CC(C#N)=C1c2ccncc2-c2c1c1c(c3c2C(=C(C#N)C#N)c2ccncc2-3)C(=C(C#N)C#N)c2ccncc2-1. The summed E-state index contributed by atoms with van der Waals surface area (Å²) in [6.07, 6.45) is 9.57. The van der Waals surface area contributed by atoms with Crippen molar-refractivity contribution in [1.82, 2.24) is 15.0 Å². The lowest BCUT2D eigenvalue weighted by Crippen LogP contribution is -1.99. The Labute approximate surface area is 238 Å². The molecule has 186 valence electrons. The average Bonchev–Trinajstić information content (AvgIpc) is 3.66. The predicted molar refractivity (Wildman–Crippen MR) is 148 cm³/mol. The Morgan fingerprint density at radius 2 is 0.643 bits per heavy atom. The van der Waals surface area contributed by atoms with Gasteiger partial charge in [0.25, 0.3) is 0 Å². The highest BCUT2D eigenvalue weighted by Crippen LogP contribution is 2.64. The van der Waals surface area contributed by atoms with E-state index < -0.39 is 0 Å². The number of aromatic nitrogens is 3. The van der Waals surface area contributed by atoms with Crippen LogP contribution in [-0.4, -0.2) is 15.0 Å². The van der Waals surface area contributed by atoms with Crippen LogP contribution in [0.4, 0.5) is 0 Å². The molecule has 0 atom stereocenters. The molecule has 4 aromatic rings. The molecular weight excluding hydrogens is 522 g/mol. The molecular formula is C33H9N9. The van der Waals surface area contributed by atoms with E-state index in [4.69, 9.17) is 0 Å². The lowest BCUT2D eigenvalue weighted by molar-refractivity contribution is 1.32. The second-order valence-electron chi connectivity index (χ2n) is 9.43. The van der Waals surface area contributed by atoms with Crippen LogP contribution in [-0.2, 0) is 0 Å². The van der Waals surface area contributed by atoms with Gasteiger partial charge in [0, 0.05) is 104 Å². The molecule has 1 aromatic carbocycles. The van der Waals surface area contributed by atoms with Crippen molar-refractivity contribution >= 4 is 16.7 Å². The van der Waals surface area contributed by atoms with E-state index >= 15 is 0 Å². The zero-order valence-corrected chi connectivity index (χ0v) is 21.2. The van der Waals surface area contributed by atoms with Crippen molar-refractivity contribution in [2.45, 2.75) is 0 Å². The van der Waals surface area contributed by atoms with Crippen LogP contribution in [0.2, 0.25) is 0 Å². The third-order valence-corrected chi connectivity index (χ3v) is 7.75. The molecule has 9 heteroatoms. The first-order valence-corrected chi connectivity index (χ1v) is 12.4. The van der Waals surface area contributed by atoms with Gasteiger partial charge in [-0.25, -0.2) is 0 Å². The smallest absolute Gasteiger partial charge is 0.138 e. The Morgan fingerprint density at radius 1 is 0.381 bits per heavy atom. The van der Waals surface area contributed by atoms with Gasteiger partial charge in [-0.05, 0) is 34.9 Å². The second kappa shape index (κ2) is 8.68. The molecule has 0 aliphatic heterocycles. The molecule has 3 aromatic heterocycles. The highest BCUT2D eigenvalue weighted by atomic mass is 14.7. The van der Waals surface area contributed by atoms with Gasteiger partial charge in [-0.3, -0.25) is 15.0 Å². The van der Waals surface area contributed by atoms with E-state index in [1.807, 2.05) is 36.4 Å². The Hall–Kier alpha value is -7.17. The minimum absolute atomic E-state index is 0.143. The number of benzene rings is 1. The Bertz CT molecular complexity index is 2030. The predicted octanol–water partition coefficient (Wildman–Crippen LogP) is 5.36. The molecule has 3 heterocycles. The fraction of sp³-hybridized carbons (Fsp3) is 0. The molecule has 0 saturated heterocycles. The summed E-state index contributed by atoms with van der Waals surface area (Å²) in [5.41, 5.74) is 7.55. The molecule has 0 radical (unpaired) electrons. The lowest BCUT2D eigenvalue weighted by Gasteiger charge is -2.18. The number of allylic oxidation sites excluding steroid dienone is 3. The van der Waals surface area contributed by atoms with E-state index in [0.29, 0.717) is 83.5 Å². The summed E-state index contributed by atoms with van der Waals surface area (Å²) in [7, 11) is 0. The second-order valence-corrected chi connectivity index (χ2v) is 9.43. The van der Waals surface area contributed by atoms with Gasteiger partial charge in [0.15, 0.2) is 0 Å². The van der Waals surface area contributed by atoms with E-state index in [2.05, 4.69) is 15.0 Å². The van der Waals surface area contributed by atoms with Crippen LogP contribution >= 0.6 is 0 Å². The Morgan fingerprint density at radius 3 is 0.881 bits per heavy atom. The zero-order valence-electron chi connectivity index (χ0n) is 21.2. The third-order valence-electron chi connectivity index (χ3n) is 7.75. The molecule has 0 amide bonds. The Balaban J connectivity index is 1.88. The van der Waals surface area contributed by atoms with Crippen molar-refractivity contribution in [3.8, 4) is 69.8 Å². The van der Waals surface area contributed by atoms with Gasteiger partial charge in [0.1, 0.15) is 53.1 Å². The molecule has 0 N–H and O–H groups in total. The fourth-order valence-corrected chi connectivity index (χ4v) is 6.34. The number of pyridine rings is 3. The van der Waals surface area contributed by atoms with E-state index in [1.54, 1.807) is 55.4 Å². The summed E-state index contributed by atoms with van der Waals surface area (Å²) < 4.78 is 0. The van der Waals surface area contributed by atoms with Crippen LogP contribution in [0.25, 0.3) is 50.1 Å². The monoisotopic (exact) mass is 531 g/mol. The highest BCUT2D eigenvalue weighted by molar-refractivity contribution is 6.24.